The van der Waals surface area contributed by atoms with Gasteiger partial charge in [-0.2, -0.15) is 0 Å². The number of benzene rings is 2. The molecule has 0 bridgehead atoms. The van der Waals surface area contributed by atoms with Crippen molar-refractivity contribution in [1.29, 1.82) is 0 Å². The molecule has 6 nitrogen and oxygen atoms in total. The summed E-state index contributed by atoms with van der Waals surface area (Å²) < 4.78 is 26.3. The van der Waals surface area contributed by atoms with Crippen LogP contribution in [0.3, 0.4) is 0 Å². The maximum Gasteiger partial charge on any atom is 0.181 e. The van der Waals surface area contributed by atoms with Gasteiger partial charge in [0.15, 0.2) is 15.0 Å². The van der Waals surface area contributed by atoms with E-state index in [1.54, 1.807) is 24.5 Å². The highest BCUT2D eigenvalue weighted by atomic mass is 32.2. The number of nitrogens with two attached hydrogens (primary N) is 1. The van der Waals surface area contributed by atoms with Gasteiger partial charge >= 0.3 is 0 Å². The van der Waals surface area contributed by atoms with Crippen molar-refractivity contribution in [3.63, 3.8) is 0 Å². The fourth-order valence-electron chi connectivity index (χ4n) is 2.68. The summed E-state index contributed by atoms with van der Waals surface area (Å²) in [6.07, 6.45) is 2.92. The van der Waals surface area contributed by atoms with Crippen LogP contribution < -0.4 is 5.73 Å². The number of sulfone groups is 1. The Morgan fingerprint density at radius 1 is 1.17 bits per heavy atom. The summed E-state index contributed by atoms with van der Waals surface area (Å²) in [6.45, 7) is 0.641. The van der Waals surface area contributed by atoms with E-state index in [1.807, 2.05) is 16.7 Å². The van der Waals surface area contributed by atoms with Gasteiger partial charge in [0.05, 0.1) is 32.5 Å². The molecule has 4 rings (SSSR count). The minimum absolute atomic E-state index is 0.279. The molecule has 2 heterocycles. The third kappa shape index (κ3) is 2.63. The van der Waals surface area contributed by atoms with Crippen molar-refractivity contribution in [2.24, 2.45) is 0 Å². The molecule has 0 fully saturated rings. The lowest BCUT2D eigenvalue weighted by atomic mass is 10.2. The van der Waals surface area contributed by atoms with E-state index in [4.69, 9.17) is 5.73 Å². The zero-order valence-electron chi connectivity index (χ0n) is 12.8. The summed E-state index contributed by atoms with van der Waals surface area (Å²) >= 11 is 1.46. The fourth-order valence-corrected chi connectivity index (χ4v) is 4.12. The molecule has 2 N–H and O–H groups in total. The van der Waals surface area contributed by atoms with Gasteiger partial charge in [-0.15, -0.1) is 0 Å². The summed E-state index contributed by atoms with van der Waals surface area (Å²) in [5.74, 6) is 0. The number of aromatic nitrogens is 3. The first kappa shape index (κ1) is 15.1. The molecule has 2 aromatic carbocycles. The van der Waals surface area contributed by atoms with Crippen LogP contribution >= 0.6 is 11.3 Å². The van der Waals surface area contributed by atoms with Crippen LogP contribution in [0.4, 0.5) is 5.13 Å². The van der Waals surface area contributed by atoms with Gasteiger partial charge in [0, 0.05) is 12.8 Å². The van der Waals surface area contributed by atoms with E-state index < -0.39 is 9.84 Å². The molecule has 0 aliphatic carbocycles. The first-order valence-electron chi connectivity index (χ1n) is 7.20. The predicted octanol–water partition coefficient (Wildman–Crippen LogP) is 2.68. The van der Waals surface area contributed by atoms with Crippen LogP contribution in [0.15, 0.2) is 47.6 Å². The topological polar surface area (TPSA) is 90.9 Å². The molecule has 0 atom stereocenters. The molecule has 4 aromatic rings. The van der Waals surface area contributed by atoms with Crippen molar-refractivity contribution in [3.8, 4) is 0 Å². The normalized spacial score (nSPS) is 12.2. The first-order chi connectivity index (χ1) is 11.4. The number of anilines is 1. The van der Waals surface area contributed by atoms with E-state index in [2.05, 4.69) is 16.0 Å². The van der Waals surface area contributed by atoms with E-state index in [1.165, 1.54) is 17.6 Å². The summed E-state index contributed by atoms with van der Waals surface area (Å²) in [4.78, 5) is 8.86. The summed E-state index contributed by atoms with van der Waals surface area (Å²) in [7, 11) is -3.23. The number of imidazole rings is 1. The van der Waals surface area contributed by atoms with Crippen molar-refractivity contribution in [1.82, 2.24) is 14.5 Å². The van der Waals surface area contributed by atoms with Crippen LogP contribution in [0.25, 0.3) is 21.3 Å². The monoisotopic (exact) mass is 358 g/mol. The average molecular weight is 358 g/mol. The maximum absolute atomic E-state index is 11.7. The molecule has 0 radical (unpaired) electrons. The second kappa shape index (κ2) is 5.29. The molecule has 2 aromatic heterocycles. The predicted molar refractivity (Wildman–Crippen MR) is 96.0 cm³/mol. The number of fused-ring (bicyclic) bond motifs is 2. The van der Waals surface area contributed by atoms with E-state index in [0.717, 1.165) is 21.3 Å². The summed E-state index contributed by atoms with van der Waals surface area (Å²) in [5.41, 5.74) is 9.31. The van der Waals surface area contributed by atoms with Crippen molar-refractivity contribution >= 4 is 47.6 Å². The second-order valence-corrected chi connectivity index (χ2v) is 8.73. The maximum atomic E-state index is 11.7. The first-order valence-corrected chi connectivity index (χ1v) is 9.91. The van der Waals surface area contributed by atoms with Crippen LogP contribution in [0.1, 0.15) is 5.56 Å². The Labute approximate surface area is 142 Å². The smallest absolute Gasteiger partial charge is 0.181 e. The largest absolute Gasteiger partial charge is 0.375 e. The standard InChI is InChI=1S/C16H14N4O2S2/c1-24(21,22)11-3-5-14-13(7-11)18-9-20(14)8-10-2-4-12-15(6-10)23-16(17)19-12/h2-7,9H,8H2,1H3,(H2,17,19). The van der Waals surface area contributed by atoms with E-state index in [0.29, 0.717) is 17.2 Å². The number of hydrogen-bond donors (Lipinski definition) is 1. The van der Waals surface area contributed by atoms with Crippen molar-refractivity contribution < 1.29 is 8.42 Å². The third-order valence-electron chi connectivity index (χ3n) is 3.84. The number of nitrogens with zero attached hydrogens (tertiary/aromatic N) is 3. The molecule has 0 saturated carbocycles. The Balaban J connectivity index is 1.73. The molecule has 122 valence electrons. The van der Waals surface area contributed by atoms with Crippen molar-refractivity contribution in [2.75, 3.05) is 12.0 Å². The van der Waals surface area contributed by atoms with Gasteiger partial charge in [-0.1, -0.05) is 17.4 Å². The van der Waals surface area contributed by atoms with Crippen LogP contribution in [0.5, 0.6) is 0 Å². The van der Waals surface area contributed by atoms with Crippen molar-refractivity contribution in [2.45, 2.75) is 11.4 Å². The number of thiazole rings is 1. The van der Waals surface area contributed by atoms with Crippen LogP contribution in [0, 0.1) is 0 Å². The average Bonchev–Trinajstić information content (AvgIpc) is 3.08. The Morgan fingerprint density at radius 3 is 2.79 bits per heavy atom. The lowest BCUT2D eigenvalue weighted by molar-refractivity contribution is 0.602. The number of rotatable bonds is 3. The van der Waals surface area contributed by atoms with Gasteiger partial charge in [0.1, 0.15) is 0 Å². The zero-order chi connectivity index (χ0) is 16.9. The van der Waals surface area contributed by atoms with Gasteiger partial charge in [0.25, 0.3) is 0 Å². The van der Waals surface area contributed by atoms with E-state index in [9.17, 15) is 8.42 Å². The van der Waals surface area contributed by atoms with Crippen molar-refractivity contribution in [3.05, 3.63) is 48.3 Å². The highest BCUT2D eigenvalue weighted by Gasteiger charge is 2.11. The lowest BCUT2D eigenvalue weighted by Gasteiger charge is -2.05. The number of hydrogen-bond acceptors (Lipinski definition) is 6. The van der Waals surface area contributed by atoms with Gasteiger partial charge in [-0.3, -0.25) is 0 Å². The molecule has 0 aliphatic heterocycles. The lowest BCUT2D eigenvalue weighted by Crippen LogP contribution is -1.99. The molecular weight excluding hydrogens is 344 g/mol. The fraction of sp³-hybridized carbons (Fsp3) is 0.125. The van der Waals surface area contributed by atoms with Crippen LogP contribution in [-0.4, -0.2) is 29.2 Å². The summed E-state index contributed by atoms with van der Waals surface area (Å²) in [5, 5.41) is 0.559. The Kier molecular flexibility index (Phi) is 3.33. The molecule has 0 saturated heterocycles. The minimum atomic E-state index is -3.23. The van der Waals surface area contributed by atoms with Crippen LogP contribution in [0.2, 0.25) is 0 Å². The van der Waals surface area contributed by atoms with E-state index in [-0.39, 0.29) is 4.90 Å². The number of nitrogen functional groups attached to an aromatic ring is 1. The SMILES string of the molecule is CS(=O)(=O)c1ccc2c(c1)ncn2Cc1ccc2nc(N)sc2c1. The molecular formula is C16H14N4O2S2. The molecule has 0 unspecified atom stereocenters. The Bertz CT molecular complexity index is 1180. The van der Waals surface area contributed by atoms with Gasteiger partial charge < -0.3 is 10.3 Å². The molecule has 0 spiro atoms. The van der Waals surface area contributed by atoms with Crippen LogP contribution in [-0.2, 0) is 16.4 Å². The van der Waals surface area contributed by atoms with E-state index >= 15 is 0 Å². The van der Waals surface area contributed by atoms with Gasteiger partial charge in [0.2, 0.25) is 0 Å². The molecule has 0 aliphatic rings. The quantitative estimate of drug-likeness (QED) is 0.608. The summed E-state index contributed by atoms with van der Waals surface area (Å²) in [6, 6.07) is 11.1. The Morgan fingerprint density at radius 2 is 2.00 bits per heavy atom. The van der Waals surface area contributed by atoms with Gasteiger partial charge in [-0.05, 0) is 35.9 Å². The second-order valence-electron chi connectivity index (χ2n) is 5.65. The zero-order valence-corrected chi connectivity index (χ0v) is 14.4. The highest BCUT2D eigenvalue weighted by molar-refractivity contribution is 7.90. The molecule has 24 heavy (non-hydrogen) atoms. The minimum Gasteiger partial charge on any atom is -0.375 e. The van der Waals surface area contributed by atoms with Gasteiger partial charge in [-0.25, -0.2) is 18.4 Å². The molecule has 8 heteroatoms. The Hall–Kier alpha value is -2.45. The highest BCUT2D eigenvalue weighted by Crippen LogP contribution is 2.25. The molecule has 0 amide bonds. The third-order valence-corrected chi connectivity index (χ3v) is 5.80.